The van der Waals surface area contributed by atoms with Gasteiger partial charge in [0.05, 0.1) is 0 Å². The fourth-order valence-corrected chi connectivity index (χ4v) is 2.97. The van der Waals surface area contributed by atoms with E-state index in [1.807, 2.05) is 0 Å². The van der Waals surface area contributed by atoms with E-state index in [1.165, 1.54) is 37.0 Å². The molecule has 1 unspecified atom stereocenters. The summed E-state index contributed by atoms with van der Waals surface area (Å²) in [5.74, 6) is -0.983. The van der Waals surface area contributed by atoms with Gasteiger partial charge in [0.25, 0.3) is 0 Å². The largest absolute Gasteiger partial charge is 0.310 e. The first kappa shape index (κ1) is 16.2. The van der Waals surface area contributed by atoms with E-state index in [0.29, 0.717) is 6.42 Å². The molecule has 0 bridgehead atoms. The van der Waals surface area contributed by atoms with Crippen LogP contribution in [0.25, 0.3) is 0 Å². The summed E-state index contributed by atoms with van der Waals surface area (Å²) in [5.41, 5.74) is 2.14. The van der Waals surface area contributed by atoms with E-state index < -0.39 is 11.6 Å². The number of nitrogens with one attached hydrogen (secondary N) is 1. The quantitative estimate of drug-likeness (QED) is 0.745. The second kappa shape index (κ2) is 8.28. The predicted octanol–water partition coefficient (Wildman–Crippen LogP) is 4.77. The average Bonchev–Trinajstić information content (AvgIpc) is 2.71. The fraction of sp³-hybridized carbons (Fsp3) is 0.556. The standard InChI is InChI=1S/C18H25F2N/c1-2-9-21-18(15-7-5-3-4-6-8-15)12-14-10-16(19)13-17(20)11-14/h7,10-11,13,18,21H,2-6,8-9,12H2,1H3. The van der Waals surface area contributed by atoms with E-state index in [4.69, 9.17) is 0 Å². The smallest absolute Gasteiger partial charge is 0.126 e. The van der Waals surface area contributed by atoms with Gasteiger partial charge < -0.3 is 5.32 Å². The van der Waals surface area contributed by atoms with Crippen molar-refractivity contribution in [1.29, 1.82) is 0 Å². The zero-order valence-electron chi connectivity index (χ0n) is 12.8. The molecule has 0 spiro atoms. The predicted molar refractivity (Wildman–Crippen MR) is 83.3 cm³/mol. The third-order valence-electron chi connectivity index (χ3n) is 4.03. The van der Waals surface area contributed by atoms with Gasteiger partial charge in [0.15, 0.2) is 0 Å². The summed E-state index contributed by atoms with van der Waals surface area (Å²) in [7, 11) is 0. The van der Waals surface area contributed by atoms with Crippen molar-refractivity contribution in [3.05, 3.63) is 47.0 Å². The molecule has 0 aliphatic heterocycles. The van der Waals surface area contributed by atoms with E-state index in [1.54, 1.807) is 0 Å². The van der Waals surface area contributed by atoms with Gasteiger partial charge in [0.2, 0.25) is 0 Å². The Morgan fingerprint density at radius 2 is 1.86 bits per heavy atom. The molecule has 1 aromatic rings. The van der Waals surface area contributed by atoms with Crippen LogP contribution in [0, 0.1) is 11.6 Å². The Hall–Kier alpha value is -1.22. The first-order valence-corrected chi connectivity index (χ1v) is 8.06. The van der Waals surface area contributed by atoms with E-state index >= 15 is 0 Å². The fourth-order valence-electron chi connectivity index (χ4n) is 2.97. The van der Waals surface area contributed by atoms with Crippen LogP contribution in [-0.4, -0.2) is 12.6 Å². The molecule has 3 heteroatoms. The molecule has 0 saturated heterocycles. The second-order valence-corrected chi connectivity index (χ2v) is 5.87. The van der Waals surface area contributed by atoms with E-state index in [-0.39, 0.29) is 6.04 Å². The minimum Gasteiger partial charge on any atom is -0.310 e. The van der Waals surface area contributed by atoms with Crippen LogP contribution >= 0.6 is 0 Å². The van der Waals surface area contributed by atoms with Crippen molar-refractivity contribution in [1.82, 2.24) is 5.32 Å². The average molecular weight is 293 g/mol. The molecule has 1 nitrogen and oxygen atoms in total. The van der Waals surface area contributed by atoms with Gasteiger partial charge in [-0.05, 0) is 62.8 Å². The van der Waals surface area contributed by atoms with E-state index in [0.717, 1.165) is 37.4 Å². The Morgan fingerprint density at radius 1 is 1.10 bits per heavy atom. The van der Waals surface area contributed by atoms with Gasteiger partial charge in [-0.25, -0.2) is 8.78 Å². The Labute approximate surface area is 126 Å². The number of hydrogen-bond acceptors (Lipinski definition) is 1. The Morgan fingerprint density at radius 3 is 2.57 bits per heavy atom. The van der Waals surface area contributed by atoms with Crippen LogP contribution in [0.3, 0.4) is 0 Å². The molecule has 0 fully saturated rings. The van der Waals surface area contributed by atoms with Gasteiger partial charge in [-0.3, -0.25) is 0 Å². The molecule has 0 aromatic heterocycles. The van der Waals surface area contributed by atoms with Gasteiger partial charge in [-0.15, -0.1) is 0 Å². The highest BCUT2D eigenvalue weighted by Crippen LogP contribution is 2.22. The van der Waals surface area contributed by atoms with Gasteiger partial charge in [0, 0.05) is 12.1 Å². The summed E-state index contributed by atoms with van der Waals surface area (Å²) in [4.78, 5) is 0. The molecule has 1 N–H and O–H groups in total. The highest BCUT2D eigenvalue weighted by Gasteiger charge is 2.16. The first-order valence-electron chi connectivity index (χ1n) is 8.06. The maximum Gasteiger partial charge on any atom is 0.126 e. The van der Waals surface area contributed by atoms with Gasteiger partial charge in [-0.2, -0.15) is 0 Å². The SMILES string of the molecule is CCCNC(Cc1cc(F)cc(F)c1)C1=CCCCCC1. The molecular weight excluding hydrogens is 268 g/mol. The molecular formula is C18H25F2N. The van der Waals surface area contributed by atoms with Crippen LogP contribution in [0.5, 0.6) is 0 Å². The second-order valence-electron chi connectivity index (χ2n) is 5.87. The molecule has 0 saturated carbocycles. The van der Waals surface area contributed by atoms with Crippen molar-refractivity contribution in [3.63, 3.8) is 0 Å². The topological polar surface area (TPSA) is 12.0 Å². The molecule has 1 aromatic carbocycles. The lowest BCUT2D eigenvalue weighted by molar-refractivity contribution is 0.535. The lowest BCUT2D eigenvalue weighted by atomic mass is 9.95. The molecule has 2 rings (SSSR count). The molecule has 0 radical (unpaired) electrons. The van der Waals surface area contributed by atoms with Crippen molar-refractivity contribution < 1.29 is 8.78 Å². The molecule has 1 aliphatic rings. The third-order valence-corrected chi connectivity index (χ3v) is 4.03. The summed E-state index contributed by atoms with van der Waals surface area (Å²) in [5, 5.41) is 3.54. The highest BCUT2D eigenvalue weighted by molar-refractivity contribution is 5.23. The molecule has 21 heavy (non-hydrogen) atoms. The van der Waals surface area contributed by atoms with Crippen LogP contribution < -0.4 is 5.32 Å². The number of hydrogen-bond donors (Lipinski definition) is 1. The Balaban J connectivity index is 2.12. The summed E-state index contributed by atoms with van der Waals surface area (Å²) < 4.78 is 26.7. The number of benzene rings is 1. The maximum atomic E-state index is 13.4. The third kappa shape index (κ3) is 5.24. The Bertz CT molecular complexity index is 462. The summed E-state index contributed by atoms with van der Waals surface area (Å²) in [6, 6.07) is 4.02. The molecule has 0 heterocycles. The van der Waals surface area contributed by atoms with Gasteiger partial charge in [0.1, 0.15) is 11.6 Å². The van der Waals surface area contributed by atoms with Crippen LogP contribution in [0.4, 0.5) is 8.78 Å². The molecule has 1 atom stereocenters. The van der Waals surface area contributed by atoms with Crippen molar-refractivity contribution >= 4 is 0 Å². The summed E-state index contributed by atoms with van der Waals surface area (Å²) in [6.45, 7) is 3.06. The highest BCUT2D eigenvalue weighted by atomic mass is 19.1. The number of rotatable bonds is 6. The lowest BCUT2D eigenvalue weighted by Crippen LogP contribution is -2.33. The van der Waals surface area contributed by atoms with Crippen molar-refractivity contribution in [3.8, 4) is 0 Å². The zero-order valence-corrected chi connectivity index (χ0v) is 12.8. The van der Waals surface area contributed by atoms with Crippen molar-refractivity contribution in [2.24, 2.45) is 0 Å². The van der Waals surface area contributed by atoms with Gasteiger partial charge >= 0.3 is 0 Å². The normalized spacial score (nSPS) is 17.2. The van der Waals surface area contributed by atoms with E-state index in [9.17, 15) is 8.78 Å². The van der Waals surface area contributed by atoms with Crippen LogP contribution in [0.2, 0.25) is 0 Å². The molecule has 1 aliphatic carbocycles. The summed E-state index contributed by atoms with van der Waals surface area (Å²) >= 11 is 0. The summed E-state index contributed by atoms with van der Waals surface area (Å²) in [6.07, 6.45) is 10.00. The minimum atomic E-state index is -0.492. The first-order chi connectivity index (χ1) is 10.2. The maximum absolute atomic E-state index is 13.4. The lowest BCUT2D eigenvalue weighted by Gasteiger charge is -2.22. The van der Waals surface area contributed by atoms with Crippen molar-refractivity contribution in [2.45, 2.75) is 57.9 Å². The van der Waals surface area contributed by atoms with Crippen LogP contribution in [-0.2, 0) is 6.42 Å². The zero-order chi connectivity index (χ0) is 15.1. The van der Waals surface area contributed by atoms with Crippen LogP contribution in [0.1, 0.15) is 51.0 Å². The monoisotopic (exact) mass is 293 g/mol. The minimum absolute atomic E-state index is 0.198. The van der Waals surface area contributed by atoms with Crippen LogP contribution in [0.15, 0.2) is 29.8 Å². The van der Waals surface area contributed by atoms with Crippen molar-refractivity contribution in [2.75, 3.05) is 6.54 Å². The molecule has 0 amide bonds. The van der Waals surface area contributed by atoms with Gasteiger partial charge in [-0.1, -0.05) is 25.0 Å². The number of halogens is 2. The number of allylic oxidation sites excluding steroid dienone is 1. The van der Waals surface area contributed by atoms with E-state index in [2.05, 4.69) is 18.3 Å². The molecule has 116 valence electrons. The Kier molecular flexibility index (Phi) is 6.37.